The number of nitrogens with one attached hydrogen (secondary N) is 1. The second-order valence-corrected chi connectivity index (χ2v) is 8.10. The highest BCUT2D eigenvalue weighted by Crippen LogP contribution is 2.23. The maximum atomic E-state index is 12.3. The van der Waals surface area contributed by atoms with Crippen LogP contribution < -0.4 is 4.90 Å². The summed E-state index contributed by atoms with van der Waals surface area (Å²) in [6.45, 7) is 4.68. The highest BCUT2D eigenvalue weighted by Gasteiger charge is 2.19. The number of thiophene rings is 1. The fraction of sp³-hybridized carbons (Fsp3) is 0.318. The fourth-order valence-electron chi connectivity index (χ4n) is 3.71. The number of aliphatic hydroxyl groups is 1. The summed E-state index contributed by atoms with van der Waals surface area (Å²) in [6, 6.07) is 11.8. The summed E-state index contributed by atoms with van der Waals surface area (Å²) in [7, 11) is 0. The molecule has 3 aromatic rings. The first-order chi connectivity index (χ1) is 13.7. The molecule has 6 heteroatoms. The van der Waals surface area contributed by atoms with Crippen LogP contribution in [0, 0.1) is 0 Å². The standard InChI is InChI=1S/C22H24N2O3S/c25-18(15-23-9-11-27-12-10-23)16-24-14-17(19-4-1-2-5-20(19)24)7-8-21(26)22-6-3-13-28-22/h1-8,13-14,18,25H,9-12,15-16H2/p+1/b8-7+/t18-/m1/s1. The van der Waals surface area contributed by atoms with E-state index in [-0.39, 0.29) is 5.78 Å². The van der Waals surface area contributed by atoms with Crippen molar-refractivity contribution in [2.24, 2.45) is 0 Å². The van der Waals surface area contributed by atoms with Crippen LogP contribution in [0.25, 0.3) is 17.0 Å². The van der Waals surface area contributed by atoms with Crippen molar-refractivity contribution in [1.29, 1.82) is 0 Å². The Balaban J connectivity index is 1.51. The third kappa shape index (κ3) is 4.42. The second-order valence-electron chi connectivity index (χ2n) is 7.15. The number of carbonyl (C=O) groups is 1. The molecule has 1 aliphatic heterocycles. The summed E-state index contributed by atoms with van der Waals surface area (Å²) in [5, 5.41) is 13.6. The van der Waals surface area contributed by atoms with Gasteiger partial charge in [0.15, 0.2) is 5.78 Å². The Kier molecular flexibility index (Phi) is 6.02. The monoisotopic (exact) mass is 397 g/mol. The van der Waals surface area contributed by atoms with Crippen molar-refractivity contribution in [3.05, 3.63) is 64.5 Å². The molecule has 1 aliphatic rings. The molecular formula is C22H25N2O3S+. The van der Waals surface area contributed by atoms with Crippen LogP contribution >= 0.6 is 11.3 Å². The van der Waals surface area contributed by atoms with Crippen LogP contribution in [0.1, 0.15) is 15.2 Å². The van der Waals surface area contributed by atoms with Crippen molar-refractivity contribution >= 4 is 34.1 Å². The molecule has 0 saturated carbocycles. The summed E-state index contributed by atoms with van der Waals surface area (Å²) in [5.74, 6) is 0.0165. The number of ether oxygens (including phenoxy) is 1. The number of benzene rings is 1. The van der Waals surface area contributed by atoms with Crippen LogP contribution in [0.3, 0.4) is 0 Å². The van der Waals surface area contributed by atoms with Gasteiger partial charge >= 0.3 is 0 Å². The lowest BCUT2D eigenvalue weighted by atomic mass is 10.1. The van der Waals surface area contributed by atoms with Crippen molar-refractivity contribution in [2.45, 2.75) is 12.6 Å². The van der Waals surface area contributed by atoms with E-state index in [1.54, 1.807) is 6.08 Å². The molecule has 0 unspecified atom stereocenters. The number of ketones is 1. The lowest BCUT2D eigenvalue weighted by Crippen LogP contribution is -3.15. The Morgan fingerprint density at radius 1 is 1.25 bits per heavy atom. The van der Waals surface area contributed by atoms with E-state index in [9.17, 15) is 9.90 Å². The normalized spacial score (nSPS) is 16.8. The molecular weight excluding hydrogens is 372 g/mol. The van der Waals surface area contributed by atoms with Crippen LogP contribution in [-0.2, 0) is 11.3 Å². The van der Waals surface area contributed by atoms with E-state index in [4.69, 9.17) is 4.74 Å². The Labute approximate surface area is 168 Å². The molecule has 1 saturated heterocycles. The number of hydrogen-bond donors (Lipinski definition) is 2. The molecule has 3 heterocycles. The molecule has 0 radical (unpaired) electrons. The molecule has 1 atom stereocenters. The highest BCUT2D eigenvalue weighted by atomic mass is 32.1. The number of allylic oxidation sites excluding steroid dienone is 1. The van der Waals surface area contributed by atoms with Gasteiger partial charge in [-0.15, -0.1) is 11.3 Å². The van der Waals surface area contributed by atoms with Crippen LogP contribution in [0.2, 0.25) is 0 Å². The molecule has 2 aromatic heterocycles. The predicted octanol–water partition coefficient (Wildman–Crippen LogP) is 1.87. The van der Waals surface area contributed by atoms with Gasteiger partial charge in [-0.1, -0.05) is 24.3 Å². The first-order valence-corrected chi connectivity index (χ1v) is 10.5. The number of aromatic nitrogens is 1. The minimum absolute atomic E-state index is 0.0165. The number of nitrogens with zero attached hydrogens (tertiary/aromatic N) is 1. The van der Waals surface area contributed by atoms with Crippen LogP contribution in [-0.4, -0.2) is 54.4 Å². The SMILES string of the molecule is O=C(/C=C/c1cn(C[C@H](O)C[NH+]2CCOCC2)c2ccccc12)c1cccs1. The van der Waals surface area contributed by atoms with E-state index in [1.807, 2.05) is 41.9 Å². The van der Waals surface area contributed by atoms with Crippen molar-refractivity contribution in [3.63, 3.8) is 0 Å². The van der Waals surface area contributed by atoms with Crippen LogP contribution in [0.5, 0.6) is 0 Å². The Morgan fingerprint density at radius 2 is 2.07 bits per heavy atom. The lowest BCUT2D eigenvalue weighted by molar-refractivity contribution is -0.911. The molecule has 0 bridgehead atoms. The zero-order chi connectivity index (χ0) is 19.3. The Hall–Kier alpha value is -2.25. The van der Waals surface area contributed by atoms with E-state index in [0.29, 0.717) is 6.54 Å². The van der Waals surface area contributed by atoms with Gasteiger partial charge in [-0.25, -0.2) is 0 Å². The third-order valence-corrected chi connectivity index (χ3v) is 6.01. The van der Waals surface area contributed by atoms with Gasteiger partial charge in [-0.05, 0) is 29.7 Å². The minimum Gasteiger partial charge on any atom is -0.385 e. The molecule has 4 rings (SSSR count). The molecule has 1 aromatic carbocycles. The fourth-order valence-corrected chi connectivity index (χ4v) is 4.36. The molecule has 0 aliphatic carbocycles. The Morgan fingerprint density at radius 3 is 2.86 bits per heavy atom. The van der Waals surface area contributed by atoms with E-state index < -0.39 is 6.10 Å². The summed E-state index contributed by atoms with van der Waals surface area (Å²) in [5.41, 5.74) is 2.06. The van der Waals surface area contributed by atoms with E-state index in [2.05, 4.69) is 16.7 Å². The molecule has 2 N–H and O–H groups in total. The van der Waals surface area contributed by atoms with Gasteiger partial charge in [0, 0.05) is 22.7 Å². The summed E-state index contributed by atoms with van der Waals surface area (Å²) in [6.07, 6.45) is 5.11. The molecule has 1 fully saturated rings. The zero-order valence-electron chi connectivity index (χ0n) is 15.7. The maximum Gasteiger partial charge on any atom is 0.195 e. The average Bonchev–Trinajstić information content (AvgIpc) is 3.36. The summed E-state index contributed by atoms with van der Waals surface area (Å²) in [4.78, 5) is 14.4. The van der Waals surface area contributed by atoms with E-state index in [1.165, 1.54) is 16.2 Å². The van der Waals surface area contributed by atoms with Crippen molar-refractivity contribution in [2.75, 3.05) is 32.8 Å². The van der Waals surface area contributed by atoms with Gasteiger partial charge in [0.25, 0.3) is 0 Å². The smallest absolute Gasteiger partial charge is 0.195 e. The number of para-hydroxylation sites is 1. The number of hydrogen-bond acceptors (Lipinski definition) is 4. The molecule has 0 amide bonds. The van der Waals surface area contributed by atoms with Crippen molar-refractivity contribution in [3.8, 4) is 0 Å². The number of rotatable bonds is 7. The number of carbonyl (C=O) groups excluding carboxylic acids is 1. The lowest BCUT2D eigenvalue weighted by Gasteiger charge is -2.26. The van der Waals surface area contributed by atoms with Crippen LogP contribution in [0.4, 0.5) is 0 Å². The topological polar surface area (TPSA) is 55.9 Å². The van der Waals surface area contributed by atoms with Gasteiger partial charge < -0.3 is 19.3 Å². The first-order valence-electron chi connectivity index (χ1n) is 9.64. The van der Waals surface area contributed by atoms with Crippen molar-refractivity contribution in [1.82, 2.24) is 4.57 Å². The summed E-state index contributed by atoms with van der Waals surface area (Å²) < 4.78 is 7.48. The quantitative estimate of drug-likeness (QED) is 0.473. The van der Waals surface area contributed by atoms with Crippen molar-refractivity contribution < 1.29 is 19.5 Å². The minimum atomic E-state index is -0.423. The third-order valence-electron chi connectivity index (χ3n) is 5.13. The van der Waals surface area contributed by atoms with Gasteiger partial charge in [-0.3, -0.25) is 4.79 Å². The second kappa shape index (κ2) is 8.84. The van der Waals surface area contributed by atoms with Gasteiger partial charge in [0.2, 0.25) is 0 Å². The average molecular weight is 398 g/mol. The van der Waals surface area contributed by atoms with E-state index >= 15 is 0 Å². The summed E-state index contributed by atoms with van der Waals surface area (Å²) >= 11 is 1.45. The maximum absolute atomic E-state index is 12.3. The molecule has 146 valence electrons. The van der Waals surface area contributed by atoms with Gasteiger partial charge in [0.1, 0.15) is 25.7 Å². The zero-order valence-corrected chi connectivity index (χ0v) is 16.5. The van der Waals surface area contributed by atoms with Gasteiger partial charge in [0.05, 0.1) is 24.6 Å². The molecule has 5 nitrogen and oxygen atoms in total. The van der Waals surface area contributed by atoms with Crippen LogP contribution in [0.15, 0.2) is 54.1 Å². The van der Waals surface area contributed by atoms with E-state index in [0.717, 1.165) is 54.2 Å². The first kappa shape index (κ1) is 19.1. The number of fused-ring (bicyclic) bond motifs is 1. The largest absolute Gasteiger partial charge is 0.385 e. The molecule has 28 heavy (non-hydrogen) atoms. The Bertz CT molecular complexity index is 955. The number of morpholine rings is 1. The highest BCUT2D eigenvalue weighted by molar-refractivity contribution is 7.12. The number of quaternary nitrogens is 1. The molecule has 0 spiro atoms. The predicted molar refractivity (Wildman–Crippen MR) is 112 cm³/mol. The van der Waals surface area contributed by atoms with Gasteiger partial charge in [-0.2, -0.15) is 0 Å². The number of aliphatic hydroxyl groups excluding tert-OH is 1.